The summed E-state index contributed by atoms with van der Waals surface area (Å²) in [4.78, 5) is 23.1. The fourth-order valence-electron chi connectivity index (χ4n) is 1.40. The molecule has 0 aromatic carbocycles. The number of carbonyl (C=O) groups is 2. The molecule has 0 N–H and O–H groups in total. The second kappa shape index (κ2) is 6.56. The molecule has 0 radical (unpaired) electrons. The Balaban J connectivity index is 2.54. The number of methoxy groups -OCH3 is 1. The molecule has 0 unspecified atom stereocenters. The van der Waals surface area contributed by atoms with Crippen LogP contribution in [0, 0.1) is 5.92 Å². The molecule has 98 valence electrons. The van der Waals surface area contributed by atoms with Gasteiger partial charge in [0.1, 0.15) is 0 Å². The van der Waals surface area contributed by atoms with Gasteiger partial charge >= 0.3 is 11.9 Å². The van der Waals surface area contributed by atoms with Crippen LogP contribution in [0.4, 0.5) is 0 Å². The molecule has 2 atom stereocenters. The summed E-state index contributed by atoms with van der Waals surface area (Å²) in [5.41, 5.74) is 0. The van der Waals surface area contributed by atoms with E-state index in [9.17, 15) is 9.59 Å². The van der Waals surface area contributed by atoms with Crippen LogP contribution < -0.4 is 0 Å². The Kier molecular flexibility index (Phi) is 5.37. The van der Waals surface area contributed by atoms with Crippen molar-refractivity contribution >= 4 is 11.9 Å². The first-order chi connectivity index (χ1) is 8.06. The molecule has 0 spiro atoms. The minimum atomic E-state index is -0.905. The maximum Gasteiger partial charge on any atom is 0.347 e. The van der Waals surface area contributed by atoms with Gasteiger partial charge in [0.25, 0.3) is 0 Å². The molecule has 1 fully saturated rings. The van der Waals surface area contributed by atoms with E-state index in [2.05, 4.69) is 4.74 Å². The van der Waals surface area contributed by atoms with Gasteiger partial charge < -0.3 is 18.9 Å². The van der Waals surface area contributed by atoms with E-state index in [-0.39, 0.29) is 12.5 Å². The standard InChI is InChI=1S/C11H18O6/c1-7(2)9(11(13)14-3)17-10(12)8-6-15-4-5-16-8/h7-9H,4-6H2,1-3H3/t8-,9+/m1/s1. The normalized spacial score (nSPS) is 22.0. The van der Waals surface area contributed by atoms with Crippen molar-refractivity contribution in [2.75, 3.05) is 26.9 Å². The second-order valence-corrected chi connectivity index (χ2v) is 4.06. The van der Waals surface area contributed by atoms with Crippen molar-refractivity contribution in [1.29, 1.82) is 0 Å². The summed E-state index contributed by atoms with van der Waals surface area (Å²) in [5, 5.41) is 0. The number of hydrogen-bond acceptors (Lipinski definition) is 6. The smallest absolute Gasteiger partial charge is 0.347 e. The molecular weight excluding hydrogens is 228 g/mol. The molecule has 1 aliphatic heterocycles. The number of hydrogen-bond donors (Lipinski definition) is 0. The van der Waals surface area contributed by atoms with Gasteiger partial charge in [-0.3, -0.25) is 0 Å². The number of esters is 2. The molecule has 0 bridgehead atoms. The van der Waals surface area contributed by atoms with Gasteiger partial charge in [0.05, 0.1) is 26.9 Å². The van der Waals surface area contributed by atoms with Crippen LogP contribution in [0.3, 0.4) is 0 Å². The third kappa shape index (κ3) is 3.98. The minimum absolute atomic E-state index is 0.157. The predicted molar refractivity (Wildman–Crippen MR) is 57.3 cm³/mol. The summed E-state index contributed by atoms with van der Waals surface area (Å²) in [5.74, 6) is -1.31. The Morgan fingerprint density at radius 3 is 2.47 bits per heavy atom. The zero-order chi connectivity index (χ0) is 12.8. The first kappa shape index (κ1) is 13.9. The van der Waals surface area contributed by atoms with Crippen LogP contribution in [0.25, 0.3) is 0 Å². The highest BCUT2D eigenvalue weighted by Gasteiger charge is 2.32. The quantitative estimate of drug-likeness (QED) is 0.657. The molecule has 0 amide bonds. The lowest BCUT2D eigenvalue weighted by Crippen LogP contribution is -2.41. The van der Waals surface area contributed by atoms with Crippen molar-refractivity contribution in [2.45, 2.75) is 26.1 Å². The van der Waals surface area contributed by atoms with Crippen LogP contribution in [0.1, 0.15) is 13.8 Å². The topological polar surface area (TPSA) is 71.1 Å². The maximum absolute atomic E-state index is 11.7. The summed E-state index contributed by atoms with van der Waals surface area (Å²) in [7, 11) is 1.26. The molecule has 1 rings (SSSR count). The monoisotopic (exact) mass is 246 g/mol. The fourth-order valence-corrected chi connectivity index (χ4v) is 1.40. The largest absolute Gasteiger partial charge is 0.466 e. The molecular formula is C11H18O6. The van der Waals surface area contributed by atoms with Gasteiger partial charge in [-0.2, -0.15) is 0 Å². The molecule has 6 nitrogen and oxygen atoms in total. The Labute approximate surface area is 100 Å². The van der Waals surface area contributed by atoms with Gasteiger partial charge in [-0.25, -0.2) is 9.59 Å². The summed E-state index contributed by atoms with van der Waals surface area (Å²) in [6.45, 7) is 4.52. The first-order valence-electron chi connectivity index (χ1n) is 5.54. The molecule has 17 heavy (non-hydrogen) atoms. The zero-order valence-electron chi connectivity index (χ0n) is 10.3. The first-order valence-corrected chi connectivity index (χ1v) is 5.54. The Bertz CT molecular complexity index is 269. The summed E-state index contributed by atoms with van der Waals surface area (Å²) >= 11 is 0. The van der Waals surface area contributed by atoms with Gasteiger partial charge in [0.15, 0.2) is 6.10 Å². The van der Waals surface area contributed by atoms with Gasteiger partial charge in [0.2, 0.25) is 6.10 Å². The molecule has 6 heteroatoms. The molecule has 0 aromatic rings. The van der Waals surface area contributed by atoms with Crippen molar-refractivity contribution in [1.82, 2.24) is 0 Å². The van der Waals surface area contributed by atoms with E-state index in [1.54, 1.807) is 13.8 Å². The summed E-state index contributed by atoms with van der Waals surface area (Å²) in [6.07, 6.45) is -1.66. The third-order valence-electron chi connectivity index (χ3n) is 2.36. The molecule has 0 saturated carbocycles. The highest BCUT2D eigenvalue weighted by molar-refractivity contribution is 5.81. The van der Waals surface area contributed by atoms with Crippen molar-refractivity contribution < 1.29 is 28.5 Å². The highest BCUT2D eigenvalue weighted by atomic mass is 16.6. The third-order valence-corrected chi connectivity index (χ3v) is 2.36. The van der Waals surface area contributed by atoms with E-state index >= 15 is 0 Å². The number of rotatable bonds is 4. The van der Waals surface area contributed by atoms with Crippen molar-refractivity contribution in [2.24, 2.45) is 5.92 Å². The van der Waals surface area contributed by atoms with Crippen molar-refractivity contribution in [3.8, 4) is 0 Å². The summed E-state index contributed by atoms with van der Waals surface area (Å²) < 4.78 is 19.9. The number of carbonyl (C=O) groups excluding carboxylic acids is 2. The average Bonchev–Trinajstić information content (AvgIpc) is 2.35. The minimum Gasteiger partial charge on any atom is -0.466 e. The summed E-state index contributed by atoms with van der Waals surface area (Å²) in [6, 6.07) is 0. The van der Waals surface area contributed by atoms with Crippen LogP contribution in [-0.4, -0.2) is 51.1 Å². The van der Waals surface area contributed by atoms with Gasteiger partial charge in [-0.1, -0.05) is 13.8 Å². The van der Waals surface area contributed by atoms with E-state index in [0.29, 0.717) is 13.2 Å². The zero-order valence-corrected chi connectivity index (χ0v) is 10.3. The lowest BCUT2D eigenvalue weighted by Gasteiger charge is -2.25. The van der Waals surface area contributed by atoms with Crippen LogP contribution in [0.15, 0.2) is 0 Å². The van der Waals surface area contributed by atoms with E-state index in [0.717, 1.165) is 0 Å². The van der Waals surface area contributed by atoms with Gasteiger partial charge in [0, 0.05) is 5.92 Å². The van der Waals surface area contributed by atoms with Crippen molar-refractivity contribution in [3.05, 3.63) is 0 Å². The Hall–Kier alpha value is -1.14. The van der Waals surface area contributed by atoms with Crippen LogP contribution in [0.2, 0.25) is 0 Å². The van der Waals surface area contributed by atoms with E-state index < -0.39 is 24.1 Å². The molecule has 0 aliphatic carbocycles. The van der Waals surface area contributed by atoms with Crippen molar-refractivity contribution in [3.63, 3.8) is 0 Å². The maximum atomic E-state index is 11.7. The van der Waals surface area contributed by atoms with E-state index in [1.165, 1.54) is 7.11 Å². The van der Waals surface area contributed by atoms with Gasteiger partial charge in [-0.05, 0) is 0 Å². The lowest BCUT2D eigenvalue weighted by molar-refractivity contribution is -0.185. The lowest BCUT2D eigenvalue weighted by atomic mass is 10.1. The van der Waals surface area contributed by atoms with Crippen LogP contribution in [-0.2, 0) is 28.5 Å². The SMILES string of the molecule is COC(=O)[C@@H](OC(=O)[C@H]1COCCO1)C(C)C. The predicted octanol–water partition coefficient (Wildman–Crippen LogP) is 0.143. The Morgan fingerprint density at radius 1 is 1.29 bits per heavy atom. The molecule has 0 aromatic heterocycles. The molecule has 1 heterocycles. The average molecular weight is 246 g/mol. The molecule has 1 saturated heterocycles. The Morgan fingerprint density at radius 2 is 2.00 bits per heavy atom. The second-order valence-electron chi connectivity index (χ2n) is 4.06. The van der Waals surface area contributed by atoms with Crippen LogP contribution >= 0.6 is 0 Å². The van der Waals surface area contributed by atoms with E-state index in [1.807, 2.05) is 0 Å². The van der Waals surface area contributed by atoms with Crippen LogP contribution in [0.5, 0.6) is 0 Å². The van der Waals surface area contributed by atoms with Gasteiger partial charge in [-0.15, -0.1) is 0 Å². The number of ether oxygens (including phenoxy) is 4. The highest BCUT2D eigenvalue weighted by Crippen LogP contribution is 2.12. The fraction of sp³-hybridized carbons (Fsp3) is 0.818. The van der Waals surface area contributed by atoms with E-state index in [4.69, 9.17) is 14.2 Å². The molecule has 1 aliphatic rings.